The van der Waals surface area contributed by atoms with Crippen LogP contribution < -0.4 is 11.1 Å². The van der Waals surface area contributed by atoms with E-state index in [9.17, 15) is 14.7 Å². The number of nitrogens with two attached hydrogens (primary N) is 1. The van der Waals surface area contributed by atoms with Gasteiger partial charge in [0, 0.05) is 11.1 Å². The summed E-state index contributed by atoms with van der Waals surface area (Å²) in [4.78, 5) is 27.2. The number of para-hydroxylation sites is 1. The minimum Gasteiger partial charge on any atom is -0.467 e. The molecule has 1 aromatic heterocycles. The second-order valence-corrected chi connectivity index (χ2v) is 4.36. The number of nitrogens with one attached hydrogen (secondary N) is 1. The quantitative estimate of drug-likeness (QED) is 0.687. The molecule has 4 N–H and O–H groups in total. The number of amides is 1. The molecule has 0 radical (unpaired) electrons. The van der Waals surface area contributed by atoms with Crippen LogP contribution in [-0.2, 0) is 9.53 Å². The summed E-state index contributed by atoms with van der Waals surface area (Å²) in [5, 5.41) is 12.6. The Kier molecular flexibility index (Phi) is 4.34. The van der Waals surface area contributed by atoms with Crippen LogP contribution in [-0.4, -0.2) is 41.7 Å². The maximum Gasteiger partial charge on any atom is 0.336 e. The Balaban J connectivity index is 2.15. The van der Waals surface area contributed by atoms with Gasteiger partial charge in [0.2, 0.25) is 0 Å². The third-order valence-corrected chi connectivity index (χ3v) is 2.91. The molecule has 1 atom stereocenters. The van der Waals surface area contributed by atoms with E-state index in [2.05, 4.69) is 15.0 Å². The molecule has 2 rings (SSSR count). The van der Waals surface area contributed by atoms with Crippen LogP contribution in [0.1, 0.15) is 10.5 Å². The van der Waals surface area contributed by atoms with E-state index in [1.54, 1.807) is 18.2 Å². The summed E-state index contributed by atoms with van der Waals surface area (Å²) in [6.45, 7) is -0.264. The zero-order valence-electron chi connectivity index (χ0n) is 11.4. The van der Waals surface area contributed by atoms with Crippen molar-refractivity contribution in [2.75, 3.05) is 19.4 Å². The summed E-state index contributed by atoms with van der Waals surface area (Å²) in [5.41, 5.74) is 7.01. The van der Waals surface area contributed by atoms with Crippen molar-refractivity contribution in [2.24, 2.45) is 0 Å². The number of carbonyl (C=O) groups excluding carboxylic acids is 2. The molecule has 21 heavy (non-hydrogen) atoms. The lowest BCUT2D eigenvalue weighted by Crippen LogP contribution is -2.37. The zero-order chi connectivity index (χ0) is 15.4. The highest BCUT2D eigenvalue weighted by molar-refractivity contribution is 5.99. The van der Waals surface area contributed by atoms with Crippen molar-refractivity contribution in [2.45, 2.75) is 6.10 Å². The number of ether oxygens (including phenoxy) is 1. The molecule has 1 unspecified atom stereocenters. The highest BCUT2D eigenvalue weighted by Gasteiger charge is 2.17. The minimum absolute atomic E-state index is 0.114. The fourth-order valence-electron chi connectivity index (χ4n) is 1.82. The Morgan fingerprint density at radius 1 is 1.43 bits per heavy atom. The predicted molar refractivity (Wildman–Crippen MR) is 76.5 cm³/mol. The number of pyridine rings is 1. The van der Waals surface area contributed by atoms with E-state index in [0.717, 1.165) is 12.5 Å². The average Bonchev–Trinajstić information content (AvgIpc) is 2.51. The van der Waals surface area contributed by atoms with Crippen LogP contribution in [0.2, 0.25) is 0 Å². The van der Waals surface area contributed by atoms with Crippen LogP contribution in [0, 0.1) is 0 Å². The second-order valence-electron chi connectivity index (χ2n) is 4.36. The van der Waals surface area contributed by atoms with E-state index in [0.29, 0.717) is 11.2 Å². The van der Waals surface area contributed by atoms with Gasteiger partial charge in [0.05, 0.1) is 19.2 Å². The normalized spacial score (nSPS) is 11.9. The van der Waals surface area contributed by atoms with Gasteiger partial charge >= 0.3 is 5.97 Å². The van der Waals surface area contributed by atoms with E-state index in [1.807, 2.05) is 6.07 Å². The number of nitrogen functional groups attached to an aromatic ring is 1. The number of esters is 1. The van der Waals surface area contributed by atoms with Crippen molar-refractivity contribution in [3.63, 3.8) is 0 Å². The molecule has 7 nitrogen and oxygen atoms in total. The number of aromatic nitrogens is 1. The van der Waals surface area contributed by atoms with Gasteiger partial charge in [-0.1, -0.05) is 18.2 Å². The predicted octanol–water partition coefficient (Wildman–Crippen LogP) is 0.0807. The molecule has 110 valence electrons. The Morgan fingerprint density at radius 2 is 2.14 bits per heavy atom. The third-order valence-electron chi connectivity index (χ3n) is 2.91. The van der Waals surface area contributed by atoms with Gasteiger partial charge < -0.3 is 20.9 Å². The molecule has 0 saturated carbocycles. The van der Waals surface area contributed by atoms with E-state index < -0.39 is 18.0 Å². The van der Waals surface area contributed by atoms with E-state index >= 15 is 0 Å². The minimum atomic E-state index is -1.42. The summed E-state index contributed by atoms with van der Waals surface area (Å²) >= 11 is 0. The van der Waals surface area contributed by atoms with Crippen molar-refractivity contribution < 1.29 is 19.4 Å². The van der Waals surface area contributed by atoms with Crippen molar-refractivity contribution in [1.82, 2.24) is 10.3 Å². The van der Waals surface area contributed by atoms with Crippen LogP contribution in [0.4, 0.5) is 5.69 Å². The van der Waals surface area contributed by atoms with Gasteiger partial charge in [-0.15, -0.1) is 0 Å². The van der Waals surface area contributed by atoms with Gasteiger partial charge in [-0.3, -0.25) is 4.79 Å². The number of methoxy groups -OCH3 is 1. The highest BCUT2D eigenvalue weighted by Crippen LogP contribution is 2.19. The molecular formula is C14H15N3O4. The highest BCUT2D eigenvalue weighted by atomic mass is 16.5. The number of benzene rings is 1. The summed E-state index contributed by atoms with van der Waals surface area (Å²) in [7, 11) is 1.15. The molecule has 0 spiro atoms. The van der Waals surface area contributed by atoms with Gasteiger partial charge in [-0.05, 0) is 12.1 Å². The molecule has 0 aliphatic heterocycles. The summed E-state index contributed by atoms with van der Waals surface area (Å²) < 4.78 is 4.35. The van der Waals surface area contributed by atoms with Crippen molar-refractivity contribution in [3.05, 3.63) is 36.0 Å². The smallest absolute Gasteiger partial charge is 0.336 e. The van der Waals surface area contributed by atoms with Crippen LogP contribution in [0.5, 0.6) is 0 Å². The van der Waals surface area contributed by atoms with Gasteiger partial charge in [0.25, 0.3) is 5.91 Å². The molecule has 0 fully saturated rings. The number of hydrogen-bond donors (Lipinski definition) is 3. The van der Waals surface area contributed by atoms with Gasteiger partial charge in [0.1, 0.15) is 5.69 Å². The number of carbonyl (C=O) groups is 2. The number of hydrogen-bond acceptors (Lipinski definition) is 6. The maximum atomic E-state index is 12.0. The van der Waals surface area contributed by atoms with Crippen LogP contribution in [0.15, 0.2) is 30.3 Å². The zero-order valence-corrected chi connectivity index (χ0v) is 11.4. The maximum absolute atomic E-state index is 12.0. The molecule has 1 amide bonds. The molecule has 0 aliphatic carbocycles. The molecule has 7 heteroatoms. The van der Waals surface area contributed by atoms with Gasteiger partial charge in [0.15, 0.2) is 6.10 Å². The van der Waals surface area contributed by atoms with Crippen molar-refractivity contribution in [3.8, 4) is 0 Å². The second kappa shape index (κ2) is 6.19. The lowest BCUT2D eigenvalue weighted by molar-refractivity contribution is -0.149. The van der Waals surface area contributed by atoms with E-state index in [-0.39, 0.29) is 12.2 Å². The first-order chi connectivity index (χ1) is 10.0. The fraction of sp³-hybridized carbons (Fsp3) is 0.214. The molecule has 0 saturated heterocycles. The van der Waals surface area contributed by atoms with E-state index in [4.69, 9.17) is 5.73 Å². The summed E-state index contributed by atoms with van der Waals surface area (Å²) in [5.74, 6) is -1.35. The van der Waals surface area contributed by atoms with Gasteiger partial charge in [-0.2, -0.15) is 0 Å². The lowest BCUT2D eigenvalue weighted by atomic mass is 10.1. The Morgan fingerprint density at radius 3 is 2.86 bits per heavy atom. The lowest BCUT2D eigenvalue weighted by Gasteiger charge is -2.10. The van der Waals surface area contributed by atoms with Crippen molar-refractivity contribution in [1.29, 1.82) is 0 Å². The molecule has 1 aromatic carbocycles. The first-order valence-electron chi connectivity index (χ1n) is 6.22. The number of nitrogens with zero attached hydrogens (tertiary/aromatic N) is 1. The van der Waals surface area contributed by atoms with Gasteiger partial charge in [-0.25, -0.2) is 9.78 Å². The van der Waals surface area contributed by atoms with Crippen molar-refractivity contribution >= 4 is 28.5 Å². The number of aliphatic hydroxyl groups is 1. The largest absolute Gasteiger partial charge is 0.467 e. The summed E-state index contributed by atoms with van der Waals surface area (Å²) in [6.07, 6.45) is -1.42. The SMILES string of the molecule is COC(=O)C(O)CNC(=O)c1cc(N)c2ccccc2n1. The Labute approximate surface area is 120 Å². The standard InChI is InChI=1S/C14H15N3O4/c1-21-14(20)12(18)7-16-13(19)11-6-9(15)8-4-2-3-5-10(8)17-11/h2-6,12,18H,7H2,1H3,(H2,15,17)(H,16,19). The first-order valence-corrected chi connectivity index (χ1v) is 6.22. The Hall–Kier alpha value is -2.67. The van der Waals surface area contributed by atoms with Crippen LogP contribution >= 0.6 is 0 Å². The van der Waals surface area contributed by atoms with E-state index in [1.165, 1.54) is 6.07 Å². The molecular weight excluding hydrogens is 274 g/mol. The number of aliphatic hydroxyl groups excluding tert-OH is 1. The first kappa shape index (κ1) is 14.7. The third kappa shape index (κ3) is 3.26. The van der Waals surface area contributed by atoms with Crippen LogP contribution in [0.25, 0.3) is 10.9 Å². The topological polar surface area (TPSA) is 115 Å². The molecule has 0 bridgehead atoms. The number of fused-ring (bicyclic) bond motifs is 1. The van der Waals surface area contributed by atoms with Crippen LogP contribution in [0.3, 0.4) is 0 Å². The Bertz CT molecular complexity index is 687. The molecule has 0 aliphatic rings. The molecule has 1 heterocycles. The monoisotopic (exact) mass is 289 g/mol. The summed E-state index contributed by atoms with van der Waals surface area (Å²) in [6, 6.07) is 8.61. The average molecular weight is 289 g/mol. The fourth-order valence-corrected chi connectivity index (χ4v) is 1.82. The molecule has 2 aromatic rings. The number of anilines is 1. The number of rotatable bonds is 4.